The van der Waals surface area contributed by atoms with Crippen LogP contribution in [0.2, 0.25) is 0 Å². The first-order valence-corrected chi connectivity index (χ1v) is 7.95. The number of aromatic nitrogens is 4. The minimum Gasteiger partial charge on any atom is -0.396 e. The van der Waals surface area contributed by atoms with Crippen molar-refractivity contribution < 1.29 is 4.79 Å². The summed E-state index contributed by atoms with van der Waals surface area (Å²) >= 11 is 0. The maximum atomic E-state index is 12.4. The van der Waals surface area contributed by atoms with Gasteiger partial charge in [-0.25, -0.2) is 9.97 Å². The van der Waals surface area contributed by atoms with Gasteiger partial charge in [0.15, 0.2) is 11.5 Å². The molecule has 128 valence electrons. The SMILES string of the molecule is Cn1ncc(NC(=O)c2ncncc2N)c1N1CCC[C@@H](N)CC1. The molecule has 9 heteroatoms. The molecule has 0 radical (unpaired) electrons. The summed E-state index contributed by atoms with van der Waals surface area (Å²) in [6.45, 7) is 1.71. The number of hydrogen-bond donors (Lipinski definition) is 3. The Morgan fingerprint density at radius 2 is 2.17 bits per heavy atom. The zero-order valence-electron chi connectivity index (χ0n) is 13.6. The summed E-state index contributed by atoms with van der Waals surface area (Å²) in [5.41, 5.74) is 12.8. The summed E-state index contributed by atoms with van der Waals surface area (Å²) in [4.78, 5) is 22.4. The van der Waals surface area contributed by atoms with E-state index in [9.17, 15) is 4.79 Å². The van der Waals surface area contributed by atoms with Crippen LogP contribution in [0.25, 0.3) is 0 Å². The lowest BCUT2D eigenvalue weighted by atomic mass is 10.1. The van der Waals surface area contributed by atoms with Crippen molar-refractivity contribution in [1.29, 1.82) is 0 Å². The molecular formula is C15H22N8O. The molecule has 1 fully saturated rings. The van der Waals surface area contributed by atoms with Gasteiger partial charge in [0, 0.05) is 26.2 Å². The molecule has 5 N–H and O–H groups in total. The molecule has 0 aromatic carbocycles. The molecule has 24 heavy (non-hydrogen) atoms. The molecular weight excluding hydrogens is 308 g/mol. The van der Waals surface area contributed by atoms with Gasteiger partial charge >= 0.3 is 0 Å². The Labute approximate surface area is 140 Å². The lowest BCUT2D eigenvalue weighted by Gasteiger charge is -2.24. The number of carbonyl (C=O) groups is 1. The normalized spacial score (nSPS) is 18.2. The van der Waals surface area contributed by atoms with E-state index in [-0.39, 0.29) is 23.3 Å². The van der Waals surface area contributed by atoms with Crippen LogP contribution in [0.3, 0.4) is 0 Å². The van der Waals surface area contributed by atoms with Crippen LogP contribution in [-0.4, -0.2) is 44.8 Å². The molecule has 1 aliphatic heterocycles. The Bertz CT molecular complexity index is 728. The van der Waals surface area contributed by atoms with E-state index in [0.29, 0.717) is 5.69 Å². The molecule has 1 saturated heterocycles. The maximum absolute atomic E-state index is 12.4. The first kappa shape index (κ1) is 16.2. The van der Waals surface area contributed by atoms with Crippen molar-refractivity contribution in [2.45, 2.75) is 25.3 Å². The molecule has 3 heterocycles. The summed E-state index contributed by atoms with van der Waals surface area (Å²) in [7, 11) is 1.86. The van der Waals surface area contributed by atoms with Crippen LogP contribution in [0.1, 0.15) is 29.8 Å². The zero-order valence-corrected chi connectivity index (χ0v) is 13.6. The van der Waals surface area contributed by atoms with E-state index in [0.717, 1.165) is 38.2 Å². The Kier molecular flexibility index (Phi) is 4.61. The molecule has 1 aliphatic rings. The van der Waals surface area contributed by atoms with Crippen molar-refractivity contribution in [3.8, 4) is 0 Å². The van der Waals surface area contributed by atoms with E-state index in [1.807, 2.05) is 7.05 Å². The number of hydrogen-bond acceptors (Lipinski definition) is 7. The van der Waals surface area contributed by atoms with Gasteiger partial charge in [-0.2, -0.15) is 5.10 Å². The van der Waals surface area contributed by atoms with Gasteiger partial charge in [-0.3, -0.25) is 9.48 Å². The summed E-state index contributed by atoms with van der Waals surface area (Å²) in [6.07, 6.45) is 7.27. The van der Waals surface area contributed by atoms with E-state index in [1.165, 1.54) is 12.5 Å². The quantitative estimate of drug-likeness (QED) is 0.741. The molecule has 1 atom stereocenters. The van der Waals surface area contributed by atoms with E-state index in [1.54, 1.807) is 10.9 Å². The number of nitrogens with one attached hydrogen (secondary N) is 1. The minimum atomic E-state index is -0.379. The van der Waals surface area contributed by atoms with Gasteiger partial charge in [0.25, 0.3) is 5.91 Å². The second-order valence-electron chi connectivity index (χ2n) is 5.96. The van der Waals surface area contributed by atoms with E-state index >= 15 is 0 Å². The van der Waals surface area contributed by atoms with Gasteiger partial charge in [-0.15, -0.1) is 0 Å². The Morgan fingerprint density at radius 1 is 1.33 bits per heavy atom. The zero-order chi connectivity index (χ0) is 17.1. The molecule has 0 spiro atoms. The van der Waals surface area contributed by atoms with Gasteiger partial charge < -0.3 is 21.7 Å². The predicted octanol–water partition coefficient (Wildman–Crippen LogP) is 0.362. The molecule has 0 unspecified atom stereocenters. The van der Waals surface area contributed by atoms with Crippen molar-refractivity contribution in [3.05, 3.63) is 24.4 Å². The average molecular weight is 330 g/mol. The van der Waals surface area contributed by atoms with Crippen LogP contribution < -0.4 is 21.7 Å². The second kappa shape index (κ2) is 6.83. The van der Waals surface area contributed by atoms with Crippen molar-refractivity contribution in [2.24, 2.45) is 12.8 Å². The summed E-state index contributed by atoms with van der Waals surface area (Å²) < 4.78 is 1.76. The number of anilines is 3. The molecule has 2 aromatic rings. The summed E-state index contributed by atoms with van der Waals surface area (Å²) in [6, 6.07) is 0.224. The lowest BCUT2D eigenvalue weighted by Crippen LogP contribution is -2.29. The molecule has 2 aromatic heterocycles. The maximum Gasteiger partial charge on any atom is 0.276 e. The van der Waals surface area contributed by atoms with Crippen LogP contribution >= 0.6 is 0 Å². The fraction of sp³-hybridized carbons (Fsp3) is 0.467. The standard InChI is InChI=1S/C15H22N8O/c1-22-15(23-5-2-3-10(16)4-6-23)12(8-20-22)21-14(24)13-11(17)7-18-9-19-13/h7-10H,2-6,16-17H2,1H3,(H,21,24)/t10-/m1/s1. The number of nitrogens with two attached hydrogens (primary N) is 2. The Hall–Kier alpha value is -2.68. The van der Waals surface area contributed by atoms with E-state index in [2.05, 4.69) is 25.3 Å². The van der Waals surface area contributed by atoms with Gasteiger partial charge in [0.2, 0.25) is 0 Å². The van der Waals surface area contributed by atoms with Crippen LogP contribution in [0.5, 0.6) is 0 Å². The third-order valence-corrected chi connectivity index (χ3v) is 4.18. The molecule has 0 bridgehead atoms. The predicted molar refractivity (Wildman–Crippen MR) is 91.6 cm³/mol. The van der Waals surface area contributed by atoms with Crippen molar-refractivity contribution in [1.82, 2.24) is 19.7 Å². The minimum absolute atomic E-state index is 0.151. The lowest BCUT2D eigenvalue weighted by molar-refractivity contribution is 0.102. The van der Waals surface area contributed by atoms with Crippen LogP contribution in [0.4, 0.5) is 17.2 Å². The molecule has 9 nitrogen and oxygen atoms in total. The van der Waals surface area contributed by atoms with Crippen LogP contribution in [0.15, 0.2) is 18.7 Å². The number of aryl methyl sites for hydroxylation is 1. The Morgan fingerprint density at radius 3 is 2.96 bits per heavy atom. The van der Waals surface area contributed by atoms with E-state index < -0.39 is 0 Å². The monoisotopic (exact) mass is 330 g/mol. The molecule has 0 saturated carbocycles. The molecule has 1 amide bonds. The first-order chi connectivity index (χ1) is 11.6. The van der Waals surface area contributed by atoms with Crippen molar-refractivity contribution >= 4 is 23.1 Å². The number of nitrogens with zero attached hydrogens (tertiary/aromatic N) is 5. The average Bonchev–Trinajstić information content (AvgIpc) is 2.77. The highest BCUT2D eigenvalue weighted by molar-refractivity contribution is 6.07. The number of carbonyl (C=O) groups excluding carboxylic acids is 1. The summed E-state index contributed by atoms with van der Waals surface area (Å²) in [5.74, 6) is 0.487. The van der Waals surface area contributed by atoms with E-state index in [4.69, 9.17) is 11.5 Å². The number of rotatable bonds is 3. The van der Waals surface area contributed by atoms with Crippen LogP contribution in [-0.2, 0) is 7.05 Å². The number of nitrogen functional groups attached to an aromatic ring is 1. The topological polar surface area (TPSA) is 128 Å². The van der Waals surface area contributed by atoms with Gasteiger partial charge in [0.1, 0.15) is 12.0 Å². The smallest absolute Gasteiger partial charge is 0.276 e. The molecule has 3 rings (SSSR count). The van der Waals surface area contributed by atoms with Gasteiger partial charge in [-0.1, -0.05) is 0 Å². The Balaban J connectivity index is 1.82. The van der Waals surface area contributed by atoms with Crippen molar-refractivity contribution in [3.63, 3.8) is 0 Å². The summed E-state index contributed by atoms with van der Waals surface area (Å²) in [5, 5.41) is 7.13. The highest BCUT2D eigenvalue weighted by Gasteiger charge is 2.22. The largest absolute Gasteiger partial charge is 0.396 e. The highest BCUT2D eigenvalue weighted by Crippen LogP contribution is 2.28. The van der Waals surface area contributed by atoms with Crippen LogP contribution in [0, 0.1) is 0 Å². The fourth-order valence-electron chi connectivity index (χ4n) is 2.94. The van der Waals surface area contributed by atoms with Gasteiger partial charge in [-0.05, 0) is 19.3 Å². The highest BCUT2D eigenvalue weighted by atomic mass is 16.1. The second-order valence-corrected chi connectivity index (χ2v) is 5.96. The third-order valence-electron chi connectivity index (χ3n) is 4.18. The van der Waals surface area contributed by atoms with Gasteiger partial charge in [0.05, 0.1) is 18.1 Å². The fourth-order valence-corrected chi connectivity index (χ4v) is 2.94. The third kappa shape index (κ3) is 3.30. The molecule has 0 aliphatic carbocycles. The first-order valence-electron chi connectivity index (χ1n) is 7.95. The number of amides is 1. The van der Waals surface area contributed by atoms with Crippen molar-refractivity contribution in [2.75, 3.05) is 29.0 Å².